The summed E-state index contributed by atoms with van der Waals surface area (Å²) < 4.78 is 70.1. The normalized spacial score (nSPS) is 21.8. The zero-order valence-electron chi connectivity index (χ0n) is 24.6. The van der Waals surface area contributed by atoms with Gasteiger partial charge in [0.15, 0.2) is 0 Å². The van der Waals surface area contributed by atoms with Crippen molar-refractivity contribution in [1.29, 1.82) is 0 Å². The molecule has 0 amide bonds. The van der Waals surface area contributed by atoms with Crippen LogP contribution in [0.4, 0.5) is 13.2 Å². The molecule has 0 spiro atoms. The summed E-state index contributed by atoms with van der Waals surface area (Å²) in [5.74, 6) is 0.663. The predicted octanol–water partition coefficient (Wildman–Crippen LogP) is 3.14. The van der Waals surface area contributed by atoms with E-state index in [2.05, 4.69) is 9.80 Å². The molecule has 240 valence electrons. The Labute approximate surface area is 256 Å². The minimum atomic E-state index is -4.53. The van der Waals surface area contributed by atoms with Crippen molar-refractivity contribution in [2.24, 2.45) is 5.92 Å². The third-order valence-corrected chi connectivity index (χ3v) is 11.0. The lowest BCUT2D eigenvalue weighted by molar-refractivity contribution is -0.139. The Balaban J connectivity index is 1.42. The quantitative estimate of drug-likeness (QED) is 0.360. The van der Waals surface area contributed by atoms with Gasteiger partial charge in [-0.2, -0.15) is 22.6 Å². The van der Waals surface area contributed by atoms with E-state index in [1.165, 1.54) is 16.4 Å². The van der Waals surface area contributed by atoms with Crippen LogP contribution in [0.1, 0.15) is 42.5 Å². The summed E-state index contributed by atoms with van der Waals surface area (Å²) in [6, 6.07) is 4.02. The van der Waals surface area contributed by atoms with E-state index in [9.17, 15) is 31.8 Å². The minimum absolute atomic E-state index is 0.0796. The number of nitrogens with zero attached hydrogens (tertiary/aromatic N) is 5. The van der Waals surface area contributed by atoms with E-state index in [-0.39, 0.29) is 37.1 Å². The summed E-state index contributed by atoms with van der Waals surface area (Å²) in [6.45, 7) is 5.32. The molecule has 5 rings (SSSR count). The molecule has 2 N–H and O–H groups in total. The number of hydrogen-bond donors (Lipinski definition) is 2. The summed E-state index contributed by atoms with van der Waals surface area (Å²) >= 11 is 1.15. The lowest BCUT2D eigenvalue weighted by Crippen LogP contribution is -2.38. The van der Waals surface area contributed by atoms with E-state index in [0.717, 1.165) is 81.6 Å². The van der Waals surface area contributed by atoms with Crippen LogP contribution in [0.5, 0.6) is 0 Å². The largest absolute Gasteiger partial charge is 0.417 e. The number of alkyl halides is 3. The van der Waals surface area contributed by atoms with Gasteiger partial charge in [-0.3, -0.25) is 4.68 Å². The number of fused-ring (bicyclic) bond motifs is 1. The molecule has 14 heteroatoms. The van der Waals surface area contributed by atoms with Gasteiger partial charge in [0.2, 0.25) is 10.0 Å². The molecule has 2 saturated heterocycles. The molecule has 3 aliphatic rings. The van der Waals surface area contributed by atoms with Gasteiger partial charge in [-0.15, -0.1) is 11.8 Å². The molecule has 0 saturated carbocycles. The molecule has 43 heavy (non-hydrogen) atoms. The Morgan fingerprint density at radius 2 is 1.84 bits per heavy atom. The van der Waals surface area contributed by atoms with Crippen LogP contribution in [-0.2, 0) is 35.7 Å². The highest BCUT2D eigenvalue weighted by Crippen LogP contribution is 2.40. The van der Waals surface area contributed by atoms with Gasteiger partial charge < -0.3 is 20.0 Å². The Morgan fingerprint density at radius 3 is 2.53 bits per heavy atom. The van der Waals surface area contributed by atoms with Crippen molar-refractivity contribution < 1.29 is 31.8 Å². The molecule has 3 aliphatic heterocycles. The first-order valence-electron chi connectivity index (χ1n) is 15.0. The Morgan fingerprint density at radius 1 is 1.09 bits per heavy atom. The number of sulfonamides is 1. The summed E-state index contributed by atoms with van der Waals surface area (Å²) in [7, 11) is -3.49. The van der Waals surface area contributed by atoms with Crippen LogP contribution in [0.15, 0.2) is 23.1 Å². The fourth-order valence-electron chi connectivity index (χ4n) is 6.46. The number of hydrogen-bond acceptors (Lipinski definition) is 8. The predicted molar refractivity (Wildman–Crippen MR) is 160 cm³/mol. The van der Waals surface area contributed by atoms with Gasteiger partial charge in [-0.1, -0.05) is 6.07 Å². The SMILES string of the molecule is CS(=O)(=O)N1CCc2c(c(-c3ccc(C(F)(F)F)c(SCCN4CCCC(CO)C4)c3)nn2CC(O)CN2CCCC2)C1. The van der Waals surface area contributed by atoms with Gasteiger partial charge in [-0.05, 0) is 63.4 Å². The van der Waals surface area contributed by atoms with E-state index < -0.39 is 27.9 Å². The number of aliphatic hydroxyl groups excluding tert-OH is 2. The molecule has 2 unspecified atom stereocenters. The van der Waals surface area contributed by atoms with Crippen molar-refractivity contribution >= 4 is 21.8 Å². The van der Waals surface area contributed by atoms with Gasteiger partial charge in [-0.25, -0.2) is 8.42 Å². The molecule has 0 radical (unpaired) electrons. The molecule has 4 heterocycles. The monoisotopic (exact) mass is 645 g/mol. The fraction of sp³-hybridized carbons (Fsp3) is 0.690. The topological polar surface area (TPSA) is 102 Å². The van der Waals surface area contributed by atoms with Crippen LogP contribution >= 0.6 is 11.8 Å². The second kappa shape index (κ2) is 13.8. The van der Waals surface area contributed by atoms with Gasteiger partial charge in [0.1, 0.15) is 0 Å². The summed E-state index contributed by atoms with van der Waals surface area (Å²) in [4.78, 5) is 4.51. The van der Waals surface area contributed by atoms with Crippen LogP contribution in [0.2, 0.25) is 0 Å². The van der Waals surface area contributed by atoms with Crippen molar-refractivity contribution in [3.63, 3.8) is 0 Å². The molecule has 9 nitrogen and oxygen atoms in total. The smallest absolute Gasteiger partial charge is 0.396 e. The molecule has 1 aromatic carbocycles. The minimum Gasteiger partial charge on any atom is -0.396 e. The lowest BCUT2D eigenvalue weighted by Gasteiger charge is -2.31. The first kappa shape index (κ1) is 32.7. The van der Waals surface area contributed by atoms with E-state index in [4.69, 9.17) is 5.10 Å². The number of likely N-dealkylation sites (tertiary alicyclic amines) is 2. The Bertz CT molecular complexity index is 1360. The average molecular weight is 646 g/mol. The van der Waals surface area contributed by atoms with E-state index >= 15 is 0 Å². The number of piperidine rings is 1. The Hall–Kier alpha value is -1.68. The lowest BCUT2D eigenvalue weighted by atomic mass is 9.99. The maximum atomic E-state index is 14.1. The summed E-state index contributed by atoms with van der Waals surface area (Å²) in [6.07, 6.45) is 0.475. The van der Waals surface area contributed by atoms with Crippen LogP contribution in [0.25, 0.3) is 11.3 Å². The van der Waals surface area contributed by atoms with Gasteiger partial charge >= 0.3 is 6.18 Å². The molecular weight excluding hydrogens is 603 g/mol. The highest BCUT2D eigenvalue weighted by atomic mass is 32.2. The summed E-state index contributed by atoms with van der Waals surface area (Å²) in [5, 5.41) is 25.2. The maximum absolute atomic E-state index is 14.1. The molecule has 1 aromatic heterocycles. The number of rotatable bonds is 11. The van der Waals surface area contributed by atoms with Crippen LogP contribution < -0.4 is 0 Å². The zero-order chi connectivity index (χ0) is 30.8. The van der Waals surface area contributed by atoms with E-state index in [0.29, 0.717) is 42.1 Å². The molecular formula is C29H42F3N5O4S2. The maximum Gasteiger partial charge on any atom is 0.417 e. The number of aliphatic hydroxyl groups is 2. The van der Waals surface area contributed by atoms with E-state index in [1.807, 2.05) is 0 Å². The molecule has 2 fully saturated rings. The van der Waals surface area contributed by atoms with Crippen LogP contribution in [0.3, 0.4) is 0 Å². The van der Waals surface area contributed by atoms with Gasteiger partial charge in [0.25, 0.3) is 0 Å². The first-order valence-corrected chi connectivity index (χ1v) is 17.9. The van der Waals surface area contributed by atoms with Crippen molar-refractivity contribution in [2.75, 3.05) is 64.4 Å². The number of aromatic nitrogens is 2. The summed E-state index contributed by atoms with van der Waals surface area (Å²) in [5.41, 5.74) is 1.72. The average Bonchev–Trinajstić information content (AvgIpc) is 3.59. The van der Waals surface area contributed by atoms with Crippen molar-refractivity contribution in [2.45, 2.75) is 62.4 Å². The Kier molecular flexibility index (Phi) is 10.5. The van der Waals surface area contributed by atoms with Gasteiger partial charge in [0.05, 0.1) is 30.2 Å². The van der Waals surface area contributed by atoms with E-state index in [1.54, 1.807) is 4.68 Å². The number of halogens is 3. The number of benzene rings is 1. The second-order valence-electron chi connectivity index (χ2n) is 12.0. The number of thioether (sulfide) groups is 1. The third-order valence-electron chi connectivity index (χ3n) is 8.71. The highest BCUT2D eigenvalue weighted by Gasteiger charge is 2.35. The highest BCUT2D eigenvalue weighted by molar-refractivity contribution is 7.99. The standard InChI is InChI=1S/C29H42F3N5O4S2/c1-43(40,41)36-12-8-26-24(19-36)28(33-37(26)18-23(39)17-34-9-2-3-10-34)22-6-7-25(29(30,31)32)27(15-22)42-14-13-35-11-4-5-21(16-35)20-38/h6-7,15,21,23,38-39H,2-5,8-14,16-20H2,1H3. The molecule has 2 atom stereocenters. The first-order chi connectivity index (χ1) is 20.4. The van der Waals surface area contributed by atoms with Crippen molar-refractivity contribution in [3.05, 3.63) is 35.0 Å². The fourth-order valence-corrected chi connectivity index (χ4v) is 8.37. The third kappa shape index (κ3) is 8.13. The molecule has 0 bridgehead atoms. The van der Waals surface area contributed by atoms with Crippen LogP contribution in [-0.4, -0.2) is 113 Å². The number of β-amino-alcohol motifs (C(OH)–C–C–N with tert-alkyl or cyclic N) is 1. The molecule has 2 aromatic rings. The van der Waals surface area contributed by atoms with Gasteiger partial charge in [0, 0.05) is 73.2 Å². The molecule has 0 aliphatic carbocycles. The zero-order valence-corrected chi connectivity index (χ0v) is 26.2. The second-order valence-corrected chi connectivity index (χ2v) is 15.1. The van der Waals surface area contributed by atoms with Crippen molar-refractivity contribution in [3.8, 4) is 11.3 Å². The van der Waals surface area contributed by atoms with Crippen molar-refractivity contribution in [1.82, 2.24) is 23.9 Å². The van der Waals surface area contributed by atoms with Crippen LogP contribution in [0, 0.1) is 5.92 Å².